The van der Waals surface area contributed by atoms with Gasteiger partial charge in [-0.25, -0.2) is 0 Å². The largest absolute Gasteiger partial charge is 0.317 e. The molecule has 1 nitrogen and oxygen atoms in total. The van der Waals surface area contributed by atoms with Crippen molar-refractivity contribution >= 4 is 0 Å². The third-order valence-corrected chi connectivity index (χ3v) is 2.69. The fourth-order valence-electron chi connectivity index (χ4n) is 0.625. The molecule has 0 saturated carbocycles. The summed E-state index contributed by atoms with van der Waals surface area (Å²) in [4.78, 5) is 0. The van der Waals surface area contributed by atoms with E-state index in [0.717, 1.165) is 5.92 Å². The Morgan fingerprint density at radius 1 is 1.00 bits per heavy atom. The van der Waals surface area contributed by atoms with Crippen molar-refractivity contribution in [1.82, 2.24) is 5.32 Å². The third-order valence-electron chi connectivity index (χ3n) is 2.69. The maximum atomic E-state index is 3.22. The lowest BCUT2D eigenvalue weighted by atomic mass is 9.84. The van der Waals surface area contributed by atoms with Crippen molar-refractivity contribution in [2.45, 2.75) is 47.5 Å². The average molecular weight is 171 g/mol. The second-order valence-corrected chi connectivity index (χ2v) is 4.98. The van der Waals surface area contributed by atoms with Gasteiger partial charge in [0, 0.05) is 0 Å². The van der Waals surface area contributed by atoms with Gasteiger partial charge >= 0.3 is 0 Å². The zero-order valence-corrected chi connectivity index (χ0v) is 9.41. The minimum absolute atomic E-state index is 0.500. The highest BCUT2D eigenvalue weighted by Gasteiger charge is 2.13. The molecule has 0 aliphatic carbocycles. The van der Waals surface area contributed by atoms with Crippen LogP contribution in [0, 0.1) is 11.3 Å². The molecule has 74 valence electrons. The normalized spacial score (nSPS) is 17.5. The Bertz CT molecular complexity index is 88.5. The molecule has 12 heavy (non-hydrogen) atoms. The molecule has 0 atom stereocenters. The number of hydrogen-bond donors (Lipinski definition) is 1. The van der Waals surface area contributed by atoms with Gasteiger partial charge in [0.25, 0.3) is 0 Å². The van der Waals surface area contributed by atoms with Crippen molar-refractivity contribution < 1.29 is 0 Å². The molecule has 0 aromatic carbocycles. The van der Waals surface area contributed by atoms with E-state index < -0.39 is 0 Å². The lowest BCUT2D eigenvalue weighted by Gasteiger charge is -2.22. The van der Waals surface area contributed by atoms with E-state index in [9.17, 15) is 0 Å². The van der Waals surface area contributed by atoms with E-state index in [0.29, 0.717) is 5.41 Å². The summed E-state index contributed by atoms with van der Waals surface area (Å²) >= 11 is 0. The molecule has 1 aliphatic rings. The van der Waals surface area contributed by atoms with Crippen molar-refractivity contribution in [2.75, 3.05) is 13.1 Å². The van der Waals surface area contributed by atoms with E-state index in [1.165, 1.54) is 25.9 Å². The van der Waals surface area contributed by atoms with Gasteiger partial charge in [-0.15, -0.1) is 0 Å². The molecule has 1 aliphatic heterocycles. The fourth-order valence-corrected chi connectivity index (χ4v) is 0.625. The minimum Gasteiger partial charge on any atom is -0.317 e. The van der Waals surface area contributed by atoms with Crippen molar-refractivity contribution in [3.63, 3.8) is 0 Å². The second kappa shape index (κ2) is 5.58. The molecule has 1 fully saturated rings. The number of nitrogens with one attached hydrogen (secondary N) is 1. The summed E-state index contributed by atoms with van der Waals surface area (Å²) in [7, 11) is 0. The van der Waals surface area contributed by atoms with Gasteiger partial charge in [0.15, 0.2) is 0 Å². The average Bonchev–Trinajstić information content (AvgIpc) is 2.39. The summed E-state index contributed by atoms with van der Waals surface area (Å²) in [6.07, 6.45) is 2.78. The molecule has 1 N–H and O–H groups in total. The van der Waals surface area contributed by atoms with Gasteiger partial charge < -0.3 is 5.32 Å². The summed E-state index contributed by atoms with van der Waals surface area (Å²) in [5.74, 6) is 0.799. The summed E-state index contributed by atoms with van der Waals surface area (Å²) in [5, 5.41) is 3.22. The second-order valence-electron chi connectivity index (χ2n) is 4.98. The van der Waals surface area contributed by atoms with Crippen molar-refractivity contribution in [2.24, 2.45) is 11.3 Å². The Hall–Kier alpha value is -0.0400. The summed E-state index contributed by atoms with van der Waals surface area (Å²) < 4.78 is 0. The van der Waals surface area contributed by atoms with Crippen LogP contribution in [0.25, 0.3) is 0 Å². The lowest BCUT2D eigenvalue weighted by Crippen LogP contribution is -2.12. The smallest absolute Gasteiger partial charge is 0.00484 e. The predicted octanol–water partition coefficient (Wildman–Crippen LogP) is 3.06. The van der Waals surface area contributed by atoms with Gasteiger partial charge in [0.05, 0.1) is 0 Å². The first-order valence-electron chi connectivity index (χ1n) is 5.15. The fraction of sp³-hybridized carbons (Fsp3) is 1.00. The van der Waals surface area contributed by atoms with E-state index >= 15 is 0 Å². The van der Waals surface area contributed by atoms with Crippen LogP contribution in [0.1, 0.15) is 47.5 Å². The Morgan fingerprint density at radius 2 is 1.33 bits per heavy atom. The monoisotopic (exact) mass is 171 g/mol. The highest BCUT2D eigenvalue weighted by atomic mass is 14.9. The van der Waals surface area contributed by atoms with Crippen LogP contribution in [0.4, 0.5) is 0 Å². The number of rotatable bonds is 0. The minimum atomic E-state index is 0.500. The molecule has 0 bridgehead atoms. The molecule has 0 aromatic heterocycles. The molecule has 1 heteroatoms. The van der Waals surface area contributed by atoms with Crippen LogP contribution in [-0.4, -0.2) is 13.1 Å². The first-order chi connectivity index (χ1) is 5.44. The zero-order valence-electron chi connectivity index (χ0n) is 9.41. The summed E-state index contributed by atoms with van der Waals surface area (Å²) in [6.45, 7) is 13.8. The molecular formula is C11H25N. The van der Waals surface area contributed by atoms with Gasteiger partial charge in [-0.3, -0.25) is 0 Å². The highest BCUT2D eigenvalue weighted by molar-refractivity contribution is 4.64. The first kappa shape index (κ1) is 12.0. The Balaban J connectivity index is 0.000000211. The van der Waals surface area contributed by atoms with Crippen LogP contribution in [0.2, 0.25) is 0 Å². The highest BCUT2D eigenvalue weighted by Crippen LogP contribution is 2.23. The van der Waals surface area contributed by atoms with Crippen molar-refractivity contribution in [3.05, 3.63) is 0 Å². The molecule has 0 spiro atoms. The van der Waals surface area contributed by atoms with Gasteiger partial charge in [-0.2, -0.15) is 0 Å². The van der Waals surface area contributed by atoms with Crippen LogP contribution < -0.4 is 5.32 Å². The Morgan fingerprint density at radius 3 is 1.42 bits per heavy atom. The topological polar surface area (TPSA) is 12.0 Å². The van der Waals surface area contributed by atoms with E-state index in [4.69, 9.17) is 0 Å². The molecular weight excluding hydrogens is 146 g/mol. The van der Waals surface area contributed by atoms with E-state index in [1.54, 1.807) is 0 Å². The van der Waals surface area contributed by atoms with Gasteiger partial charge in [0.1, 0.15) is 0 Å². The van der Waals surface area contributed by atoms with E-state index in [2.05, 4.69) is 39.9 Å². The summed E-state index contributed by atoms with van der Waals surface area (Å²) in [6, 6.07) is 0. The molecule has 0 amide bonds. The lowest BCUT2D eigenvalue weighted by molar-refractivity contribution is 0.283. The SMILES string of the molecule is C1CCNC1.CC(C)C(C)(C)C. The van der Waals surface area contributed by atoms with E-state index in [1.807, 2.05) is 0 Å². The molecule has 0 radical (unpaired) electrons. The van der Waals surface area contributed by atoms with Crippen LogP contribution in [0.5, 0.6) is 0 Å². The predicted molar refractivity (Wildman–Crippen MR) is 56.4 cm³/mol. The Kier molecular flexibility index (Phi) is 5.56. The standard InChI is InChI=1S/C7H16.C4H9N/c1-6(2)7(3,4)5;1-2-4-5-3-1/h6H,1-5H3;5H,1-4H2. The third kappa shape index (κ3) is 6.66. The van der Waals surface area contributed by atoms with Crippen molar-refractivity contribution in [3.8, 4) is 0 Å². The molecule has 1 saturated heterocycles. The molecule has 1 rings (SSSR count). The molecule has 0 unspecified atom stereocenters. The van der Waals surface area contributed by atoms with Crippen LogP contribution in [0.3, 0.4) is 0 Å². The first-order valence-corrected chi connectivity index (χ1v) is 5.15. The maximum absolute atomic E-state index is 3.22. The van der Waals surface area contributed by atoms with E-state index in [-0.39, 0.29) is 0 Å². The maximum Gasteiger partial charge on any atom is -0.00484 e. The Labute approximate surface area is 77.9 Å². The zero-order chi connectivity index (χ0) is 9.61. The van der Waals surface area contributed by atoms with Crippen LogP contribution in [-0.2, 0) is 0 Å². The van der Waals surface area contributed by atoms with Crippen molar-refractivity contribution in [1.29, 1.82) is 0 Å². The molecule has 0 aromatic rings. The molecule has 1 heterocycles. The summed E-state index contributed by atoms with van der Waals surface area (Å²) in [5.41, 5.74) is 0.500. The number of hydrogen-bond acceptors (Lipinski definition) is 1. The van der Waals surface area contributed by atoms with Crippen LogP contribution >= 0.6 is 0 Å². The van der Waals surface area contributed by atoms with Gasteiger partial charge in [0.2, 0.25) is 0 Å². The quantitative estimate of drug-likeness (QED) is 0.590. The van der Waals surface area contributed by atoms with Gasteiger partial charge in [-0.05, 0) is 37.3 Å². The van der Waals surface area contributed by atoms with Gasteiger partial charge in [-0.1, -0.05) is 34.6 Å². The van der Waals surface area contributed by atoms with Crippen LogP contribution in [0.15, 0.2) is 0 Å².